The van der Waals surface area contributed by atoms with Gasteiger partial charge in [-0.15, -0.1) is 0 Å². The second-order valence-corrected chi connectivity index (χ2v) is 5.48. The van der Waals surface area contributed by atoms with E-state index in [0.29, 0.717) is 6.54 Å². The molecule has 22 heavy (non-hydrogen) atoms. The van der Waals surface area contributed by atoms with Crippen molar-refractivity contribution in [1.29, 1.82) is 0 Å². The molecule has 0 heterocycles. The van der Waals surface area contributed by atoms with Crippen LogP contribution in [0.2, 0.25) is 0 Å². The zero-order chi connectivity index (χ0) is 15.8. The van der Waals surface area contributed by atoms with Crippen molar-refractivity contribution in [2.75, 3.05) is 32.5 Å². The first-order chi connectivity index (χ1) is 10.6. The number of benzene rings is 2. The number of anilines is 1. The number of urea groups is 1. The molecule has 116 valence electrons. The van der Waals surface area contributed by atoms with E-state index in [1.54, 1.807) is 0 Å². The lowest BCUT2D eigenvalue weighted by Crippen LogP contribution is -2.31. The molecule has 2 aromatic carbocycles. The van der Waals surface area contributed by atoms with Crippen molar-refractivity contribution in [2.45, 2.75) is 6.42 Å². The number of rotatable bonds is 6. The van der Waals surface area contributed by atoms with E-state index in [1.807, 2.05) is 56.6 Å². The van der Waals surface area contributed by atoms with Crippen LogP contribution in [0.1, 0.15) is 6.42 Å². The number of carbonyl (C=O) groups is 1. The molecule has 4 heteroatoms. The van der Waals surface area contributed by atoms with Gasteiger partial charge in [0.2, 0.25) is 0 Å². The lowest BCUT2D eigenvalue weighted by Gasteiger charge is -2.11. The molecule has 0 atom stereocenters. The van der Waals surface area contributed by atoms with Crippen LogP contribution in [0.25, 0.3) is 11.1 Å². The van der Waals surface area contributed by atoms with Crippen LogP contribution >= 0.6 is 0 Å². The number of nitrogens with one attached hydrogen (secondary N) is 2. The Balaban J connectivity index is 1.82. The summed E-state index contributed by atoms with van der Waals surface area (Å²) in [6.07, 6.45) is 0.938. The Hall–Kier alpha value is -2.33. The molecule has 0 radical (unpaired) electrons. The molecule has 0 fully saturated rings. The minimum absolute atomic E-state index is 0.161. The van der Waals surface area contributed by atoms with Crippen LogP contribution in [0, 0.1) is 0 Å². The fraction of sp³-hybridized carbons (Fsp3) is 0.278. The zero-order valence-corrected chi connectivity index (χ0v) is 13.2. The first-order valence-electron chi connectivity index (χ1n) is 7.50. The fourth-order valence-corrected chi connectivity index (χ4v) is 2.15. The molecule has 0 unspecified atom stereocenters. The monoisotopic (exact) mass is 297 g/mol. The smallest absolute Gasteiger partial charge is 0.319 e. The molecular weight excluding hydrogens is 274 g/mol. The number of hydrogen-bond acceptors (Lipinski definition) is 2. The Morgan fingerprint density at radius 3 is 2.23 bits per heavy atom. The third kappa shape index (κ3) is 5.22. The van der Waals surface area contributed by atoms with Crippen molar-refractivity contribution >= 4 is 11.7 Å². The van der Waals surface area contributed by atoms with E-state index >= 15 is 0 Å². The molecular formula is C18H23N3O. The Bertz CT molecular complexity index is 579. The summed E-state index contributed by atoms with van der Waals surface area (Å²) < 4.78 is 0. The predicted octanol–water partition coefficient (Wildman–Crippen LogP) is 3.43. The van der Waals surface area contributed by atoms with Crippen LogP contribution in [0.15, 0.2) is 54.6 Å². The van der Waals surface area contributed by atoms with Crippen LogP contribution in [-0.2, 0) is 0 Å². The average molecular weight is 297 g/mol. The van der Waals surface area contributed by atoms with E-state index in [1.165, 1.54) is 5.56 Å². The highest BCUT2D eigenvalue weighted by molar-refractivity contribution is 5.89. The fourth-order valence-electron chi connectivity index (χ4n) is 2.15. The van der Waals surface area contributed by atoms with Crippen LogP contribution in [0.3, 0.4) is 0 Å². The van der Waals surface area contributed by atoms with E-state index in [2.05, 4.69) is 27.7 Å². The summed E-state index contributed by atoms with van der Waals surface area (Å²) >= 11 is 0. The van der Waals surface area contributed by atoms with Crippen molar-refractivity contribution in [2.24, 2.45) is 0 Å². The van der Waals surface area contributed by atoms with Gasteiger partial charge < -0.3 is 15.5 Å². The maximum Gasteiger partial charge on any atom is 0.319 e. The van der Waals surface area contributed by atoms with E-state index in [9.17, 15) is 4.79 Å². The first kappa shape index (κ1) is 16.0. The van der Waals surface area contributed by atoms with E-state index in [4.69, 9.17) is 0 Å². The quantitative estimate of drug-likeness (QED) is 0.802. The van der Waals surface area contributed by atoms with Gasteiger partial charge >= 0.3 is 6.03 Å². The molecule has 2 N–H and O–H groups in total. The number of carbonyl (C=O) groups excluding carboxylic acids is 1. The van der Waals surface area contributed by atoms with Crippen LogP contribution in [0.4, 0.5) is 10.5 Å². The standard InChI is InChI=1S/C18H23N3O/c1-21(2)14-6-13-19-18(22)20-17-11-9-16(10-12-17)15-7-4-3-5-8-15/h3-5,7-12H,6,13-14H2,1-2H3,(H2,19,20,22). The molecule has 4 nitrogen and oxygen atoms in total. The van der Waals surface area contributed by atoms with Crippen LogP contribution in [-0.4, -0.2) is 38.1 Å². The van der Waals surface area contributed by atoms with Gasteiger partial charge in [0.1, 0.15) is 0 Å². The lowest BCUT2D eigenvalue weighted by molar-refractivity contribution is 0.251. The van der Waals surface area contributed by atoms with E-state index in [-0.39, 0.29) is 6.03 Å². The Morgan fingerprint density at radius 1 is 0.955 bits per heavy atom. The largest absolute Gasteiger partial charge is 0.338 e. The molecule has 0 bridgehead atoms. The molecule has 0 aliphatic heterocycles. The summed E-state index contributed by atoms with van der Waals surface area (Å²) in [5, 5.41) is 5.70. The summed E-state index contributed by atoms with van der Waals surface area (Å²) in [7, 11) is 4.04. The summed E-state index contributed by atoms with van der Waals surface area (Å²) in [5.41, 5.74) is 3.10. The van der Waals surface area contributed by atoms with Crippen molar-refractivity contribution in [3.05, 3.63) is 54.6 Å². The topological polar surface area (TPSA) is 44.4 Å². The SMILES string of the molecule is CN(C)CCCNC(=O)Nc1ccc(-c2ccccc2)cc1. The molecule has 2 rings (SSSR count). The maximum atomic E-state index is 11.8. The van der Waals surface area contributed by atoms with Gasteiger partial charge in [-0.25, -0.2) is 4.79 Å². The number of amides is 2. The second kappa shape index (κ2) is 8.20. The van der Waals surface area contributed by atoms with E-state index in [0.717, 1.165) is 24.2 Å². The Kier molecular flexibility index (Phi) is 5.98. The summed E-state index contributed by atoms with van der Waals surface area (Å²) in [6.45, 7) is 1.64. The van der Waals surface area contributed by atoms with Gasteiger partial charge in [-0.05, 0) is 50.3 Å². The van der Waals surface area contributed by atoms with Gasteiger partial charge in [-0.3, -0.25) is 0 Å². The molecule has 0 aliphatic carbocycles. The van der Waals surface area contributed by atoms with Gasteiger partial charge in [0.15, 0.2) is 0 Å². The van der Waals surface area contributed by atoms with Crippen molar-refractivity contribution < 1.29 is 4.79 Å². The molecule has 0 aromatic heterocycles. The highest BCUT2D eigenvalue weighted by atomic mass is 16.2. The lowest BCUT2D eigenvalue weighted by atomic mass is 10.1. The Labute approximate surface area is 132 Å². The van der Waals surface area contributed by atoms with Crippen LogP contribution < -0.4 is 10.6 Å². The maximum absolute atomic E-state index is 11.8. The molecule has 2 aromatic rings. The van der Waals surface area contributed by atoms with Gasteiger partial charge in [-0.1, -0.05) is 42.5 Å². The van der Waals surface area contributed by atoms with Gasteiger partial charge in [0, 0.05) is 12.2 Å². The van der Waals surface area contributed by atoms with Crippen molar-refractivity contribution in [3.8, 4) is 11.1 Å². The molecule has 2 amide bonds. The number of nitrogens with zero attached hydrogens (tertiary/aromatic N) is 1. The third-order valence-electron chi connectivity index (χ3n) is 3.32. The molecule has 0 spiro atoms. The van der Waals surface area contributed by atoms with E-state index < -0.39 is 0 Å². The molecule has 0 saturated carbocycles. The van der Waals surface area contributed by atoms with Gasteiger partial charge in [0.25, 0.3) is 0 Å². The van der Waals surface area contributed by atoms with Crippen molar-refractivity contribution in [1.82, 2.24) is 10.2 Å². The summed E-state index contributed by atoms with van der Waals surface area (Å²) in [4.78, 5) is 13.9. The van der Waals surface area contributed by atoms with Crippen molar-refractivity contribution in [3.63, 3.8) is 0 Å². The highest BCUT2D eigenvalue weighted by Gasteiger charge is 2.02. The highest BCUT2D eigenvalue weighted by Crippen LogP contribution is 2.20. The van der Waals surface area contributed by atoms with Gasteiger partial charge in [-0.2, -0.15) is 0 Å². The minimum atomic E-state index is -0.161. The Morgan fingerprint density at radius 2 is 1.59 bits per heavy atom. The second-order valence-electron chi connectivity index (χ2n) is 5.48. The number of hydrogen-bond donors (Lipinski definition) is 2. The third-order valence-corrected chi connectivity index (χ3v) is 3.32. The molecule has 0 saturated heterocycles. The van der Waals surface area contributed by atoms with Crippen LogP contribution in [0.5, 0.6) is 0 Å². The minimum Gasteiger partial charge on any atom is -0.338 e. The molecule has 0 aliphatic rings. The summed E-state index contributed by atoms with van der Waals surface area (Å²) in [6, 6.07) is 17.9. The summed E-state index contributed by atoms with van der Waals surface area (Å²) in [5.74, 6) is 0. The normalized spacial score (nSPS) is 10.5. The average Bonchev–Trinajstić information content (AvgIpc) is 2.53. The van der Waals surface area contributed by atoms with Gasteiger partial charge in [0.05, 0.1) is 0 Å². The first-order valence-corrected chi connectivity index (χ1v) is 7.50. The zero-order valence-electron chi connectivity index (χ0n) is 13.2. The predicted molar refractivity (Wildman–Crippen MR) is 92.1 cm³/mol.